The summed E-state index contributed by atoms with van der Waals surface area (Å²) in [5.41, 5.74) is 0.231. The molecule has 7 nitrogen and oxygen atoms in total. The van der Waals surface area contributed by atoms with Crippen LogP contribution in [-0.2, 0) is 23.7 Å². The minimum Gasteiger partial charge on any atom is -0.465 e. The van der Waals surface area contributed by atoms with Gasteiger partial charge in [-0.3, -0.25) is 4.57 Å². The largest absolute Gasteiger partial charge is 0.465 e. The van der Waals surface area contributed by atoms with E-state index in [-0.39, 0.29) is 27.3 Å². The highest BCUT2D eigenvalue weighted by Gasteiger charge is 2.24. The molecule has 25 heavy (non-hydrogen) atoms. The summed E-state index contributed by atoms with van der Waals surface area (Å²) in [6, 6.07) is 10.3. The number of carbonyl (C=O) groups is 1. The number of hydrogen-bond acceptors (Lipinski definition) is 6. The maximum atomic E-state index is 12.6. The number of hydrogen-bond donors (Lipinski definition) is 1. The molecule has 1 unspecified atom stereocenters. The average molecular weight is 384 g/mol. The first-order valence-electron chi connectivity index (χ1n) is 7.24. The van der Waals surface area contributed by atoms with Gasteiger partial charge in [0.15, 0.2) is 0 Å². The van der Waals surface area contributed by atoms with Crippen LogP contribution in [0.4, 0.5) is 0 Å². The van der Waals surface area contributed by atoms with Crippen molar-refractivity contribution >= 4 is 28.7 Å². The van der Waals surface area contributed by atoms with Crippen LogP contribution in [0.2, 0.25) is 0 Å². The van der Waals surface area contributed by atoms with Crippen molar-refractivity contribution in [1.29, 1.82) is 0 Å². The molecule has 0 aromatic heterocycles. The van der Waals surface area contributed by atoms with E-state index in [1.807, 2.05) is 0 Å². The van der Waals surface area contributed by atoms with Gasteiger partial charge in [-0.05, 0) is 55.5 Å². The molecule has 2 aromatic rings. The van der Waals surface area contributed by atoms with Crippen LogP contribution in [0.3, 0.4) is 0 Å². The Labute approximate surface area is 145 Å². The van der Waals surface area contributed by atoms with Gasteiger partial charge in [0.2, 0.25) is 9.84 Å². The summed E-state index contributed by atoms with van der Waals surface area (Å²) < 4.78 is 46.5. The third kappa shape index (κ3) is 4.16. The lowest BCUT2D eigenvalue weighted by atomic mass is 10.2. The van der Waals surface area contributed by atoms with Crippen molar-refractivity contribution in [3.05, 3.63) is 54.1 Å². The Morgan fingerprint density at radius 3 is 1.96 bits per heavy atom. The molecule has 0 aliphatic rings. The van der Waals surface area contributed by atoms with Crippen LogP contribution in [0.1, 0.15) is 17.3 Å². The fourth-order valence-corrected chi connectivity index (χ4v) is 4.37. The van der Waals surface area contributed by atoms with E-state index in [1.54, 1.807) is 6.92 Å². The fourth-order valence-electron chi connectivity index (χ4n) is 2.09. The lowest BCUT2D eigenvalue weighted by Crippen LogP contribution is -2.09. The van der Waals surface area contributed by atoms with Crippen molar-refractivity contribution in [3.8, 4) is 0 Å². The van der Waals surface area contributed by atoms with Gasteiger partial charge < -0.3 is 14.2 Å². The molecule has 0 saturated heterocycles. The molecule has 0 amide bonds. The molecule has 0 radical (unpaired) electrons. The van der Waals surface area contributed by atoms with Gasteiger partial charge >= 0.3 is 13.6 Å². The second-order valence-corrected chi connectivity index (χ2v) is 8.72. The van der Waals surface area contributed by atoms with Crippen LogP contribution < -0.4 is 5.30 Å². The van der Waals surface area contributed by atoms with E-state index in [4.69, 9.17) is 4.52 Å². The maximum absolute atomic E-state index is 12.6. The van der Waals surface area contributed by atoms with Crippen LogP contribution in [0.25, 0.3) is 0 Å². The van der Waals surface area contributed by atoms with E-state index < -0.39 is 23.4 Å². The molecule has 0 bridgehead atoms. The zero-order valence-corrected chi connectivity index (χ0v) is 15.3. The Morgan fingerprint density at radius 2 is 1.52 bits per heavy atom. The zero-order valence-electron chi connectivity index (χ0n) is 13.6. The van der Waals surface area contributed by atoms with Gasteiger partial charge in [0.25, 0.3) is 0 Å². The Kier molecular flexibility index (Phi) is 5.80. The van der Waals surface area contributed by atoms with Gasteiger partial charge in [0.1, 0.15) is 0 Å². The molecule has 0 spiro atoms. The van der Waals surface area contributed by atoms with Gasteiger partial charge in [0.05, 0.1) is 34.4 Å². The predicted molar refractivity (Wildman–Crippen MR) is 90.8 cm³/mol. The number of esters is 1. The second-order valence-electron chi connectivity index (χ2n) is 4.95. The zero-order chi connectivity index (χ0) is 18.7. The minimum atomic E-state index is -3.96. The number of rotatable bonds is 6. The molecular formula is C16H17O7PS. The summed E-state index contributed by atoms with van der Waals surface area (Å²) in [5, 5.41) is 0.00865. The van der Waals surface area contributed by atoms with Gasteiger partial charge in [-0.2, -0.15) is 0 Å². The van der Waals surface area contributed by atoms with Crippen molar-refractivity contribution in [3.63, 3.8) is 0 Å². The summed E-state index contributed by atoms with van der Waals surface area (Å²) in [6.07, 6.45) is 0. The van der Waals surface area contributed by atoms with Gasteiger partial charge in [0, 0.05) is 0 Å². The lowest BCUT2D eigenvalue weighted by Gasteiger charge is -2.11. The third-order valence-corrected chi connectivity index (χ3v) is 6.71. The smallest absolute Gasteiger partial charge is 0.358 e. The van der Waals surface area contributed by atoms with E-state index in [1.165, 1.54) is 55.6 Å². The first kappa shape index (κ1) is 19.3. The summed E-state index contributed by atoms with van der Waals surface area (Å²) in [6.45, 7) is 1.64. The number of ether oxygens (including phenoxy) is 1. The van der Waals surface area contributed by atoms with Gasteiger partial charge in [-0.25, -0.2) is 13.2 Å². The predicted octanol–water partition coefficient (Wildman–Crippen LogP) is 2.15. The average Bonchev–Trinajstić information content (AvgIpc) is 2.61. The molecule has 2 aromatic carbocycles. The number of carbonyl (C=O) groups excluding carboxylic acids is 1. The lowest BCUT2D eigenvalue weighted by molar-refractivity contribution is 0.0600. The van der Waals surface area contributed by atoms with E-state index in [0.717, 1.165) is 0 Å². The molecule has 1 N–H and O–H groups in total. The first-order chi connectivity index (χ1) is 11.7. The Morgan fingerprint density at radius 1 is 1.04 bits per heavy atom. The van der Waals surface area contributed by atoms with Crippen molar-refractivity contribution in [2.24, 2.45) is 0 Å². The standard InChI is InChI=1S/C16H17O7PS/c1-3-23-24(18,19)13-6-10-15(11-7-13)25(20,21)14-8-4-12(5-9-14)16(17)22-2/h4-11H,3H2,1-2H3,(H,18,19). The quantitative estimate of drug-likeness (QED) is 0.601. The van der Waals surface area contributed by atoms with Gasteiger partial charge in [-0.1, -0.05) is 0 Å². The van der Waals surface area contributed by atoms with Crippen molar-refractivity contribution in [1.82, 2.24) is 0 Å². The molecule has 9 heteroatoms. The Hall–Kier alpha value is -1.99. The topological polar surface area (TPSA) is 107 Å². The summed E-state index contributed by atoms with van der Waals surface area (Å²) in [4.78, 5) is 21.1. The number of methoxy groups -OCH3 is 1. The van der Waals surface area contributed by atoms with Crippen molar-refractivity contribution < 1.29 is 31.9 Å². The van der Waals surface area contributed by atoms with E-state index in [2.05, 4.69) is 4.74 Å². The van der Waals surface area contributed by atoms with Crippen LogP contribution in [0.5, 0.6) is 0 Å². The van der Waals surface area contributed by atoms with Crippen molar-refractivity contribution in [2.45, 2.75) is 16.7 Å². The molecular weight excluding hydrogens is 367 g/mol. The minimum absolute atomic E-state index is 0.00865. The molecule has 0 fully saturated rings. The van der Waals surface area contributed by atoms with Crippen molar-refractivity contribution in [2.75, 3.05) is 13.7 Å². The van der Waals surface area contributed by atoms with E-state index >= 15 is 0 Å². The van der Waals surface area contributed by atoms with E-state index in [0.29, 0.717) is 0 Å². The summed E-state index contributed by atoms with van der Waals surface area (Å²) >= 11 is 0. The second kappa shape index (κ2) is 7.49. The van der Waals surface area contributed by atoms with E-state index in [9.17, 15) is 22.7 Å². The monoisotopic (exact) mass is 384 g/mol. The maximum Gasteiger partial charge on any atom is 0.358 e. The molecule has 134 valence electrons. The fraction of sp³-hybridized carbons (Fsp3) is 0.188. The Bertz CT molecular complexity index is 903. The summed E-state index contributed by atoms with van der Waals surface area (Å²) in [5.74, 6) is -0.567. The number of sulfone groups is 1. The van der Waals surface area contributed by atoms with Crippen LogP contribution in [-0.4, -0.2) is 33.0 Å². The summed E-state index contributed by atoms with van der Waals surface area (Å²) in [7, 11) is -6.55. The molecule has 0 aliphatic heterocycles. The molecule has 0 aliphatic carbocycles. The highest BCUT2D eigenvalue weighted by Crippen LogP contribution is 2.40. The van der Waals surface area contributed by atoms with Crippen LogP contribution in [0.15, 0.2) is 58.3 Å². The van der Waals surface area contributed by atoms with Gasteiger partial charge in [-0.15, -0.1) is 0 Å². The normalized spacial score (nSPS) is 13.9. The van der Waals surface area contributed by atoms with Crippen LogP contribution in [0, 0.1) is 0 Å². The highest BCUT2D eigenvalue weighted by molar-refractivity contribution is 7.91. The molecule has 0 heterocycles. The van der Waals surface area contributed by atoms with Crippen LogP contribution >= 0.6 is 7.60 Å². The third-order valence-electron chi connectivity index (χ3n) is 3.36. The SMILES string of the molecule is CCOP(=O)(O)c1ccc(S(=O)(=O)c2ccc(C(=O)OC)cc2)cc1. The first-order valence-corrected chi connectivity index (χ1v) is 10.3. The molecule has 0 saturated carbocycles. The molecule has 2 rings (SSSR count). The molecule has 1 atom stereocenters. The number of benzene rings is 2. The Balaban J connectivity index is 2.34. The highest BCUT2D eigenvalue weighted by atomic mass is 32.2.